The van der Waals surface area contributed by atoms with Crippen molar-refractivity contribution in [3.05, 3.63) is 81.8 Å². The summed E-state index contributed by atoms with van der Waals surface area (Å²) in [7, 11) is 0. The molecular weight excluding hydrogens is 382 g/mol. The summed E-state index contributed by atoms with van der Waals surface area (Å²) < 4.78 is 4.24. The van der Waals surface area contributed by atoms with Crippen LogP contribution in [-0.4, -0.2) is 10.9 Å². The third-order valence-corrected chi connectivity index (χ3v) is 5.96. The number of fused-ring (bicyclic) bond motifs is 1. The fourth-order valence-electron chi connectivity index (χ4n) is 2.93. The lowest BCUT2D eigenvalue weighted by Gasteiger charge is -2.09. The highest BCUT2D eigenvalue weighted by Crippen LogP contribution is 2.33. The zero-order chi connectivity index (χ0) is 16.5. The summed E-state index contributed by atoms with van der Waals surface area (Å²) in [6.45, 7) is 0.683. The molecule has 0 radical (unpaired) electrons. The number of hydrogen-bond donors (Lipinski definition) is 0. The first-order chi connectivity index (χ1) is 11.8. The van der Waals surface area contributed by atoms with Crippen LogP contribution >= 0.6 is 27.3 Å². The second kappa shape index (κ2) is 6.38. The highest BCUT2D eigenvalue weighted by Gasteiger charge is 2.13. The highest BCUT2D eigenvalue weighted by molar-refractivity contribution is 9.10. The van der Waals surface area contributed by atoms with Crippen molar-refractivity contribution in [3.63, 3.8) is 0 Å². The molecule has 0 spiro atoms. The first kappa shape index (κ1) is 15.4. The topological polar surface area (TPSA) is 22.0 Å². The molecule has 118 valence electrons. The Hall–Kier alpha value is -2.17. The van der Waals surface area contributed by atoms with E-state index in [-0.39, 0.29) is 0 Å². The minimum Gasteiger partial charge on any atom is -0.332 e. The molecule has 0 fully saturated rings. The molecule has 2 aromatic carbocycles. The Bertz CT molecular complexity index is 999. The molecular formula is C20H14BrNOS. The maximum atomic E-state index is 11.4. The van der Waals surface area contributed by atoms with Gasteiger partial charge in [0.1, 0.15) is 0 Å². The van der Waals surface area contributed by atoms with Crippen LogP contribution in [0.15, 0.2) is 70.5 Å². The number of hydrogen-bond acceptors (Lipinski definition) is 2. The minimum absolute atomic E-state index is 0.683. The summed E-state index contributed by atoms with van der Waals surface area (Å²) in [6.07, 6.45) is 0.928. The van der Waals surface area contributed by atoms with E-state index in [0.29, 0.717) is 12.2 Å². The van der Waals surface area contributed by atoms with Gasteiger partial charge in [0.25, 0.3) is 0 Å². The van der Waals surface area contributed by atoms with Crippen molar-refractivity contribution < 1.29 is 4.79 Å². The molecule has 2 nitrogen and oxygen atoms in total. The van der Waals surface area contributed by atoms with Gasteiger partial charge in [0, 0.05) is 11.9 Å². The van der Waals surface area contributed by atoms with Crippen molar-refractivity contribution in [2.75, 3.05) is 0 Å². The van der Waals surface area contributed by atoms with Crippen molar-refractivity contribution in [2.24, 2.45) is 0 Å². The van der Waals surface area contributed by atoms with Gasteiger partial charge in [0.2, 0.25) is 0 Å². The van der Waals surface area contributed by atoms with Gasteiger partial charge in [-0.25, -0.2) is 0 Å². The molecule has 0 atom stereocenters. The molecule has 0 aliphatic carbocycles. The standard InChI is InChI=1S/C20H14BrNOS/c21-18-13-24-19-10-17(12-23)22(20(18)19)11-14-6-8-16(9-7-14)15-4-2-1-3-5-15/h1-10,12-13H,11H2. The molecule has 0 unspecified atom stereocenters. The van der Waals surface area contributed by atoms with Crippen LogP contribution in [0.1, 0.15) is 16.1 Å². The maximum absolute atomic E-state index is 11.4. The highest BCUT2D eigenvalue weighted by atomic mass is 79.9. The van der Waals surface area contributed by atoms with E-state index in [1.165, 1.54) is 16.7 Å². The Morgan fingerprint density at radius 1 is 1.00 bits per heavy atom. The van der Waals surface area contributed by atoms with Crippen LogP contribution in [-0.2, 0) is 6.54 Å². The van der Waals surface area contributed by atoms with Crippen molar-refractivity contribution >= 4 is 43.8 Å². The largest absolute Gasteiger partial charge is 0.332 e. The number of aromatic nitrogens is 1. The van der Waals surface area contributed by atoms with E-state index in [0.717, 1.165) is 21.0 Å². The molecule has 4 rings (SSSR count). The SMILES string of the molecule is O=Cc1cc2scc(Br)c2n1Cc1ccc(-c2ccccc2)cc1. The van der Waals surface area contributed by atoms with Crippen molar-refractivity contribution in [3.8, 4) is 11.1 Å². The molecule has 0 aliphatic heterocycles. The van der Waals surface area contributed by atoms with Gasteiger partial charge in [0.05, 0.1) is 20.4 Å². The average molecular weight is 396 g/mol. The average Bonchev–Trinajstić information content (AvgIpc) is 3.16. The minimum atomic E-state index is 0.683. The third-order valence-electron chi connectivity index (χ3n) is 4.13. The smallest absolute Gasteiger partial charge is 0.166 e. The zero-order valence-electron chi connectivity index (χ0n) is 12.8. The van der Waals surface area contributed by atoms with Crippen LogP contribution in [0.2, 0.25) is 0 Å². The van der Waals surface area contributed by atoms with E-state index in [1.807, 2.05) is 24.3 Å². The lowest BCUT2D eigenvalue weighted by Crippen LogP contribution is -2.03. The van der Waals surface area contributed by atoms with Crippen LogP contribution in [0.4, 0.5) is 0 Å². The molecule has 2 aromatic heterocycles. The first-order valence-electron chi connectivity index (χ1n) is 7.62. The van der Waals surface area contributed by atoms with Crippen LogP contribution in [0.3, 0.4) is 0 Å². The number of halogens is 1. The van der Waals surface area contributed by atoms with Crippen LogP contribution in [0.25, 0.3) is 21.3 Å². The third kappa shape index (κ3) is 2.72. The summed E-state index contributed by atoms with van der Waals surface area (Å²) in [6, 6.07) is 20.8. The van der Waals surface area contributed by atoms with Gasteiger partial charge in [0.15, 0.2) is 6.29 Å². The number of carbonyl (C=O) groups excluding carboxylic acids is 1. The zero-order valence-corrected chi connectivity index (χ0v) is 15.2. The number of rotatable bonds is 4. The first-order valence-corrected chi connectivity index (χ1v) is 9.29. The van der Waals surface area contributed by atoms with E-state index < -0.39 is 0 Å². The fraction of sp³-hybridized carbons (Fsp3) is 0.0500. The second-order valence-electron chi connectivity index (χ2n) is 5.63. The molecule has 24 heavy (non-hydrogen) atoms. The van der Waals surface area contributed by atoms with Crippen molar-refractivity contribution in [2.45, 2.75) is 6.54 Å². The van der Waals surface area contributed by atoms with Gasteiger partial charge in [-0.3, -0.25) is 4.79 Å². The van der Waals surface area contributed by atoms with Crippen LogP contribution < -0.4 is 0 Å². The maximum Gasteiger partial charge on any atom is 0.166 e. The summed E-state index contributed by atoms with van der Waals surface area (Å²) in [4.78, 5) is 11.4. The van der Waals surface area contributed by atoms with Crippen molar-refractivity contribution in [1.82, 2.24) is 4.57 Å². The molecule has 0 amide bonds. The quantitative estimate of drug-likeness (QED) is 0.388. The predicted molar refractivity (Wildman–Crippen MR) is 104 cm³/mol. The van der Waals surface area contributed by atoms with E-state index in [9.17, 15) is 4.79 Å². The Kier molecular flexibility index (Phi) is 4.08. The number of carbonyl (C=O) groups is 1. The Morgan fingerprint density at radius 3 is 2.42 bits per heavy atom. The van der Waals surface area contributed by atoms with Crippen LogP contribution in [0.5, 0.6) is 0 Å². The molecule has 0 saturated carbocycles. The van der Waals surface area contributed by atoms with Gasteiger partial charge in [-0.05, 0) is 38.7 Å². The van der Waals surface area contributed by atoms with Gasteiger partial charge in [-0.2, -0.15) is 0 Å². The monoisotopic (exact) mass is 395 g/mol. The molecule has 4 aromatic rings. The Balaban J connectivity index is 1.69. The lowest BCUT2D eigenvalue weighted by molar-refractivity contribution is 0.111. The number of aldehydes is 1. The van der Waals surface area contributed by atoms with E-state index in [2.05, 4.69) is 62.3 Å². The fourth-order valence-corrected chi connectivity index (χ4v) is 4.64. The van der Waals surface area contributed by atoms with Crippen molar-refractivity contribution in [1.29, 1.82) is 0 Å². The molecule has 4 heteroatoms. The number of thiophene rings is 1. The summed E-state index contributed by atoms with van der Waals surface area (Å²) in [5, 5.41) is 2.06. The summed E-state index contributed by atoms with van der Waals surface area (Å²) in [5.74, 6) is 0. The number of benzene rings is 2. The molecule has 0 aliphatic rings. The van der Waals surface area contributed by atoms with E-state index >= 15 is 0 Å². The summed E-state index contributed by atoms with van der Waals surface area (Å²) >= 11 is 5.24. The van der Waals surface area contributed by atoms with Crippen LogP contribution in [0, 0.1) is 0 Å². The lowest BCUT2D eigenvalue weighted by atomic mass is 10.0. The Morgan fingerprint density at radius 2 is 1.71 bits per heavy atom. The second-order valence-corrected chi connectivity index (χ2v) is 7.40. The molecule has 0 N–H and O–H groups in total. The molecule has 0 bridgehead atoms. The summed E-state index contributed by atoms with van der Waals surface area (Å²) in [5.41, 5.74) is 5.39. The molecule has 0 saturated heterocycles. The number of nitrogens with zero attached hydrogens (tertiary/aromatic N) is 1. The van der Waals surface area contributed by atoms with Gasteiger partial charge in [-0.15, -0.1) is 11.3 Å². The van der Waals surface area contributed by atoms with Gasteiger partial charge in [-0.1, -0.05) is 54.6 Å². The molecule has 2 heterocycles. The Labute approximate surface area is 152 Å². The predicted octanol–water partition coefficient (Wildman–Crippen LogP) is 5.99. The van der Waals surface area contributed by atoms with E-state index in [4.69, 9.17) is 0 Å². The van der Waals surface area contributed by atoms with Gasteiger partial charge >= 0.3 is 0 Å². The normalized spacial score (nSPS) is 11.0. The van der Waals surface area contributed by atoms with Gasteiger partial charge < -0.3 is 4.57 Å². The van der Waals surface area contributed by atoms with E-state index in [1.54, 1.807) is 11.3 Å².